The monoisotopic (exact) mass is 443 g/mol. The number of nitrogens with one attached hydrogen (secondary N) is 1. The molecule has 1 aliphatic heterocycles. The van der Waals surface area contributed by atoms with Crippen molar-refractivity contribution in [3.63, 3.8) is 0 Å². The maximum atomic E-state index is 13.5. The Morgan fingerprint density at radius 3 is 2.79 bits per heavy atom. The minimum Gasteiger partial charge on any atom is -0.370 e. The van der Waals surface area contributed by atoms with Crippen LogP contribution < -0.4 is 21.7 Å². The van der Waals surface area contributed by atoms with Gasteiger partial charge in [0.25, 0.3) is 5.91 Å². The van der Waals surface area contributed by atoms with Gasteiger partial charge in [-0.1, -0.05) is 42.7 Å². The second-order valence-electron chi connectivity index (χ2n) is 8.91. The van der Waals surface area contributed by atoms with E-state index in [0.29, 0.717) is 12.4 Å². The molecule has 1 aromatic heterocycles. The topological polar surface area (TPSA) is 123 Å². The number of anilines is 2. The molecule has 3 aromatic rings. The summed E-state index contributed by atoms with van der Waals surface area (Å²) in [7, 11) is 0. The van der Waals surface area contributed by atoms with Gasteiger partial charge in [-0.2, -0.15) is 0 Å². The molecule has 1 amide bonds. The number of hydrogen-bond donors (Lipinski definition) is 3. The van der Waals surface area contributed by atoms with Crippen LogP contribution in [-0.2, 0) is 6.42 Å². The van der Waals surface area contributed by atoms with E-state index in [2.05, 4.69) is 27.4 Å². The molecule has 5 rings (SSSR count). The third-order valence-corrected chi connectivity index (χ3v) is 6.54. The van der Waals surface area contributed by atoms with E-state index in [1.165, 1.54) is 5.56 Å². The number of guanidine groups is 1. The summed E-state index contributed by atoms with van der Waals surface area (Å²) in [5.41, 5.74) is 15.3. The molecule has 170 valence electrons. The Kier molecular flexibility index (Phi) is 5.58. The van der Waals surface area contributed by atoms with Gasteiger partial charge in [0.2, 0.25) is 5.82 Å². The molecule has 2 aromatic carbocycles. The first kappa shape index (κ1) is 21.2. The van der Waals surface area contributed by atoms with Crippen LogP contribution in [0.4, 0.5) is 11.5 Å². The molecule has 1 fully saturated rings. The third kappa shape index (κ3) is 4.20. The number of fused-ring (bicyclic) bond motifs is 2. The summed E-state index contributed by atoms with van der Waals surface area (Å²) in [6.07, 6.45) is 4.85. The summed E-state index contributed by atoms with van der Waals surface area (Å²) in [5.74, 6) is 0.762. The molecule has 2 unspecified atom stereocenters. The number of carbonyl (C=O) groups excluding carboxylic acids is 1. The summed E-state index contributed by atoms with van der Waals surface area (Å²) in [4.78, 5) is 29.1. The Labute approximate surface area is 193 Å². The molecule has 0 saturated heterocycles. The molecule has 2 heterocycles. The number of aryl methyl sites for hydroxylation is 1. The molecule has 8 nitrogen and oxygen atoms in total. The van der Waals surface area contributed by atoms with Gasteiger partial charge < -0.3 is 21.7 Å². The molecule has 33 heavy (non-hydrogen) atoms. The fraction of sp³-hybridized carbons (Fsp3) is 0.360. The second-order valence-corrected chi connectivity index (χ2v) is 8.91. The van der Waals surface area contributed by atoms with Gasteiger partial charge in [-0.25, -0.2) is 15.0 Å². The average Bonchev–Trinajstić information content (AvgIpc) is 3.24. The smallest absolute Gasteiger partial charge is 0.296 e. The van der Waals surface area contributed by atoms with Gasteiger partial charge >= 0.3 is 0 Å². The highest BCUT2D eigenvalue weighted by molar-refractivity contribution is 6.06. The van der Waals surface area contributed by atoms with Crippen molar-refractivity contribution >= 4 is 34.3 Å². The minimum absolute atomic E-state index is 0.0248. The quantitative estimate of drug-likeness (QED) is 0.421. The van der Waals surface area contributed by atoms with Crippen LogP contribution in [0.1, 0.15) is 47.4 Å². The third-order valence-electron chi connectivity index (χ3n) is 6.54. The van der Waals surface area contributed by atoms with Crippen LogP contribution in [0.5, 0.6) is 0 Å². The highest BCUT2D eigenvalue weighted by atomic mass is 16.2. The van der Waals surface area contributed by atoms with E-state index in [1.54, 1.807) is 4.90 Å². The summed E-state index contributed by atoms with van der Waals surface area (Å²) in [6.45, 7) is 2.66. The van der Waals surface area contributed by atoms with Gasteiger partial charge in [0.05, 0.1) is 17.6 Å². The first-order chi connectivity index (χ1) is 16.0. The van der Waals surface area contributed by atoms with Crippen molar-refractivity contribution in [2.75, 3.05) is 16.8 Å². The number of amides is 1. The van der Waals surface area contributed by atoms with Crippen LogP contribution in [0.3, 0.4) is 0 Å². The zero-order chi connectivity index (χ0) is 22.9. The molecule has 0 spiro atoms. The lowest BCUT2D eigenvalue weighted by molar-refractivity contribution is 0.0980. The first-order valence-electron chi connectivity index (χ1n) is 11.5. The number of hydrogen-bond acceptors (Lipinski definition) is 5. The largest absolute Gasteiger partial charge is 0.370 e. The van der Waals surface area contributed by atoms with Crippen LogP contribution in [0.25, 0.3) is 10.9 Å². The number of nitrogens with zero attached hydrogens (tertiary/aromatic N) is 4. The maximum Gasteiger partial charge on any atom is 0.296 e. The zero-order valence-corrected chi connectivity index (χ0v) is 18.8. The van der Waals surface area contributed by atoms with Gasteiger partial charge in [-0.15, -0.1) is 0 Å². The highest BCUT2D eigenvalue weighted by Gasteiger charge is 2.29. The zero-order valence-electron chi connectivity index (χ0n) is 18.8. The van der Waals surface area contributed by atoms with Gasteiger partial charge in [0, 0.05) is 17.6 Å². The van der Waals surface area contributed by atoms with Crippen molar-refractivity contribution in [1.82, 2.24) is 9.97 Å². The number of para-hydroxylation sites is 1. The highest BCUT2D eigenvalue weighted by Crippen LogP contribution is 2.31. The molecule has 5 N–H and O–H groups in total. The predicted octanol–water partition coefficient (Wildman–Crippen LogP) is 3.14. The molecule has 2 atom stereocenters. The Bertz CT molecular complexity index is 1230. The fourth-order valence-corrected chi connectivity index (χ4v) is 4.92. The van der Waals surface area contributed by atoms with Crippen LogP contribution >= 0.6 is 0 Å². The van der Waals surface area contributed by atoms with Crippen LogP contribution in [0.15, 0.2) is 47.5 Å². The Hall–Kier alpha value is -3.68. The number of aromatic nitrogens is 2. The maximum absolute atomic E-state index is 13.5. The number of carbonyl (C=O) groups is 1. The van der Waals surface area contributed by atoms with Crippen molar-refractivity contribution in [1.29, 1.82) is 0 Å². The van der Waals surface area contributed by atoms with E-state index in [4.69, 9.17) is 16.5 Å². The van der Waals surface area contributed by atoms with Crippen LogP contribution in [-0.4, -0.2) is 40.5 Å². The Balaban J connectivity index is 1.53. The van der Waals surface area contributed by atoms with Crippen molar-refractivity contribution in [2.24, 2.45) is 16.5 Å². The number of aliphatic imine (C=N–C) groups is 1. The number of rotatable bonds is 4. The molecule has 1 aliphatic carbocycles. The fourth-order valence-electron chi connectivity index (χ4n) is 4.92. The summed E-state index contributed by atoms with van der Waals surface area (Å²) >= 11 is 0. The average molecular weight is 444 g/mol. The lowest BCUT2D eigenvalue weighted by Crippen LogP contribution is -2.39. The lowest BCUT2D eigenvalue weighted by atomic mass is 9.90. The minimum atomic E-state index is -0.185. The number of benzene rings is 2. The molecule has 1 saturated carbocycles. The Morgan fingerprint density at radius 2 is 1.94 bits per heavy atom. The van der Waals surface area contributed by atoms with E-state index in [1.807, 2.05) is 37.3 Å². The molecule has 0 bridgehead atoms. The predicted molar refractivity (Wildman–Crippen MR) is 132 cm³/mol. The first-order valence-corrected chi connectivity index (χ1v) is 11.5. The molecule has 8 heteroatoms. The summed E-state index contributed by atoms with van der Waals surface area (Å²) < 4.78 is 0. The summed E-state index contributed by atoms with van der Waals surface area (Å²) in [6, 6.07) is 14.0. The van der Waals surface area contributed by atoms with Crippen molar-refractivity contribution in [3.8, 4) is 0 Å². The van der Waals surface area contributed by atoms with Crippen molar-refractivity contribution in [2.45, 2.75) is 51.1 Å². The van der Waals surface area contributed by atoms with Crippen LogP contribution in [0, 0.1) is 6.92 Å². The van der Waals surface area contributed by atoms with Gasteiger partial charge in [-0.05, 0) is 49.9 Å². The van der Waals surface area contributed by atoms with E-state index in [-0.39, 0.29) is 29.8 Å². The van der Waals surface area contributed by atoms with E-state index in [0.717, 1.165) is 54.3 Å². The normalized spacial score (nSPS) is 19.8. The summed E-state index contributed by atoms with van der Waals surface area (Å²) in [5, 5.41) is 4.46. The SMILES string of the molecule is Cc1ccc2nc(C(=O)N3CCc4ccccc43)nc(NC3CCCCC3N=C(N)N)c2c1. The molecule has 0 radical (unpaired) electrons. The van der Waals surface area contributed by atoms with Gasteiger partial charge in [0.15, 0.2) is 5.96 Å². The second kappa shape index (κ2) is 8.69. The van der Waals surface area contributed by atoms with E-state index < -0.39 is 0 Å². The van der Waals surface area contributed by atoms with E-state index >= 15 is 0 Å². The lowest BCUT2D eigenvalue weighted by Gasteiger charge is -2.30. The van der Waals surface area contributed by atoms with E-state index in [9.17, 15) is 4.79 Å². The standard InChI is InChI=1S/C25H29N7O/c1-15-10-11-18-17(14-15)22(29-19-7-3-4-8-20(19)30-25(26)27)31-23(28-18)24(33)32-13-12-16-6-2-5-9-21(16)32/h2,5-6,9-11,14,19-20H,3-4,7-8,12-13H2,1H3,(H4,26,27,30)(H,28,29,31). The van der Waals surface area contributed by atoms with Gasteiger partial charge in [-0.3, -0.25) is 4.79 Å². The van der Waals surface area contributed by atoms with Crippen molar-refractivity contribution in [3.05, 3.63) is 59.4 Å². The molecule has 2 aliphatic rings. The Morgan fingerprint density at radius 1 is 1.12 bits per heavy atom. The molecular formula is C25H29N7O. The van der Waals surface area contributed by atoms with Gasteiger partial charge in [0.1, 0.15) is 5.82 Å². The number of nitrogens with two attached hydrogens (primary N) is 2. The van der Waals surface area contributed by atoms with Crippen LogP contribution in [0.2, 0.25) is 0 Å². The van der Waals surface area contributed by atoms with Crippen molar-refractivity contribution < 1.29 is 4.79 Å². The molecular weight excluding hydrogens is 414 g/mol.